The highest BCUT2D eigenvalue weighted by molar-refractivity contribution is 6.29. The zero-order valence-corrected chi connectivity index (χ0v) is 26.6. The van der Waals surface area contributed by atoms with E-state index in [1.807, 2.05) is 13.8 Å². The number of hydrogen-bond donors (Lipinski definition) is 4. The van der Waals surface area contributed by atoms with Gasteiger partial charge in [-0.25, -0.2) is 0 Å². The number of aliphatic hydroxyl groups is 1. The van der Waals surface area contributed by atoms with Gasteiger partial charge in [0.1, 0.15) is 23.7 Å². The quantitative estimate of drug-likeness (QED) is 0.324. The predicted octanol–water partition coefficient (Wildman–Crippen LogP) is 3.42. The molecule has 0 spiro atoms. The maximum absolute atomic E-state index is 13.0. The van der Waals surface area contributed by atoms with E-state index in [4.69, 9.17) is 19.3 Å². The summed E-state index contributed by atoms with van der Waals surface area (Å²) in [6, 6.07) is 8.57. The van der Waals surface area contributed by atoms with E-state index in [1.165, 1.54) is 36.4 Å². The van der Waals surface area contributed by atoms with E-state index in [2.05, 4.69) is 0 Å². The molecule has 13 nitrogen and oxygen atoms in total. The molecule has 0 saturated carbocycles. The molecule has 0 amide bonds. The average Bonchev–Trinajstić information content (AvgIpc) is 3.43. The lowest BCUT2D eigenvalue weighted by molar-refractivity contribution is -0.145. The fourth-order valence-corrected chi connectivity index (χ4v) is 7.20. The summed E-state index contributed by atoms with van der Waals surface area (Å²) in [6.07, 6.45) is -3.42. The molecule has 2 aromatic rings. The number of ether oxygens (including phenoxy) is 3. The summed E-state index contributed by atoms with van der Waals surface area (Å²) in [5.74, 6) is -4.06. The first-order valence-electron chi connectivity index (χ1n) is 16.1. The number of benzene rings is 2. The summed E-state index contributed by atoms with van der Waals surface area (Å²) in [7, 11) is 0. The molecule has 0 radical (unpaired) electrons. The van der Waals surface area contributed by atoms with E-state index in [0.717, 1.165) is 6.42 Å². The van der Waals surface area contributed by atoms with Gasteiger partial charge >= 0.3 is 11.9 Å². The molecule has 7 rings (SSSR count). The Balaban J connectivity index is 0.000000170. The number of carbonyl (C=O) groups is 6. The van der Waals surface area contributed by atoms with Gasteiger partial charge in [-0.3, -0.25) is 28.8 Å². The van der Waals surface area contributed by atoms with Gasteiger partial charge in [0.2, 0.25) is 0 Å². The van der Waals surface area contributed by atoms with Crippen molar-refractivity contribution in [3.8, 4) is 11.5 Å². The predicted molar refractivity (Wildman–Crippen MR) is 167 cm³/mol. The topological polar surface area (TPSA) is 211 Å². The average molecular weight is 675 g/mol. The van der Waals surface area contributed by atoms with Crippen molar-refractivity contribution in [2.75, 3.05) is 0 Å². The van der Waals surface area contributed by atoms with E-state index in [0.29, 0.717) is 19.3 Å². The molecular weight excluding hydrogens is 640 g/mol. The van der Waals surface area contributed by atoms with Crippen molar-refractivity contribution in [2.45, 2.75) is 89.0 Å². The number of esters is 1. The first-order chi connectivity index (χ1) is 23.4. The number of carboxylic acids is 1. The fourth-order valence-electron chi connectivity index (χ4n) is 7.20. The molecule has 2 aliphatic carbocycles. The lowest BCUT2D eigenvalue weighted by Crippen LogP contribution is -2.47. The Morgan fingerprint density at radius 2 is 1.24 bits per heavy atom. The summed E-state index contributed by atoms with van der Waals surface area (Å²) in [4.78, 5) is 74.4. The second-order valence-electron chi connectivity index (χ2n) is 12.4. The number of Topliss-reactive ketones (excluding diaryl/α,β-unsaturated/α-hetero) is 4. The maximum Gasteiger partial charge on any atom is 0.309 e. The number of aliphatic hydroxyl groups excluding tert-OH is 1. The largest absolute Gasteiger partial charge is 0.507 e. The summed E-state index contributed by atoms with van der Waals surface area (Å²) >= 11 is 0. The van der Waals surface area contributed by atoms with Gasteiger partial charge in [0.05, 0.1) is 47.9 Å². The number of phenolic OH excluding ortho intramolecular Hbond substituents is 2. The van der Waals surface area contributed by atoms with Gasteiger partial charge < -0.3 is 34.6 Å². The third kappa shape index (κ3) is 5.67. The summed E-state index contributed by atoms with van der Waals surface area (Å²) in [5.41, 5.74) is 0.430. The maximum atomic E-state index is 13.0. The number of rotatable bonds is 6. The van der Waals surface area contributed by atoms with E-state index in [9.17, 15) is 44.1 Å². The van der Waals surface area contributed by atoms with Crippen molar-refractivity contribution >= 4 is 35.1 Å². The monoisotopic (exact) mass is 674 g/mol. The zero-order chi connectivity index (χ0) is 35.3. The number of phenols is 2. The van der Waals surface area contributed by atoms with Crippen LogP contribution >= 0.6 is 0 Å². The van der Waals surface area contributed by atoms with Gasteiger partial charge in [-0.1, -0.05) is 51.0 Å². The van der Waals surface area contributed by atoms with Crippen LogP contribution in [0, 0.1) is 0 Å². The first-order valence-corrected chi connectivity index (χ1v) is 16.1. The van der Waals surface area contributed by atoms with Gasteiger partial charge in [-0.05, 0) is 25.0 Å². The fraction of sp³-hybridized carbons (Fsp3) is 0.389. The van der Waals surface area contributed by atoms with Gasteiger partial charge in [0.15, 0.2) is 29.2 Å². The van der Waals surface area contributed by atoms with Crippen LogP contribution in [0.1, 0.15) is 93.8 Å². The Kier molecular flexibility index (Phi) is 9.09. The minimum absolute atomic E-state index is 0.00808. The highest BCUT2D eigenvalue weighted by Gasteiger charge is 2.52. The molecule has 0 unspecified atom stereocenters. The van der Waals surface area contributed by atoms with E-state index < -0.39 is 72.3 Å². The van der Waals surface area contributed by atoms with Gasteiger partial charge in [0.25, 0.3) is 0 Å². The smallest absolute Gasteiger partial charge is 0.309 e. The van der Waals surface area contributed by atoms with Gasteiger partial charge in [-0.15, -0.1) is 0 Å². The molecule has 4 N–H and O–H groups in total. The number of aliphatic carboxylic acids is 1. The van der Waals surface area contributed by atoms with Crippen LogP contribution in [0.4, 0.5) is 0 Å². The molecule has 3 aliphatic heterocycles. The number of fused-ring (bicyclic) bond motifs is 4. The summed E-state index contributed by atoms with van der Waals surface area (Å²) in [5, 5.41) is 39.6. The van der Waals surface area contributed by atoms with Crippen molar-refractivity contribution in [1.82, 2.24) is 0 Å². The van der Waals surface area contributed by atoms with Crippen molar-refractivity contribution < 1.29 is 63.4 Å². The molecule has 3 heterocycles. The Hall–Kier alpha value is -4.98. The van der Waals surface area contributed by atoms with Crippen LogP contribution in [-0.4, -0.2) is 92.1 Å². The lowest BCUT2D eigenvalue weighted by Gasteiger charge is -2.38. The van der Waals surface area contributed by atoms with Crippen LogP contribution in [0.15, 0.2) is 58.7 Å². The van der Waals surface area contributed by atoms with Crippen LogP contribution in [0.25, 0.3) is 0 Å². The van der Waals surface area contributed by atoms with Crippen molar-refractivity contribution in [3.63, 3.8) is 0 Å². The van der Waals surface area contributed by atoms with Gasteiger partial charge in [-0.2, -0.15) is 0 Å². The Labute approximate surface area is 279 Å². The molecule has 2 aromatic carbocycles. The van der Waals surface area contributed by atoms with Crippen LogP contribution in [0.2, 0.25) is 0 Å². The normalized spacial score (nSPS) is 27.0. The molecule has 256 valence electrons. The molecule has 6 atom stereocenters. The van der Waals surface area contributed by atoms with E-state index in [1.54, 1.807) is 0 Å². The Morgan fingerprint density at radius 1 is 0.735 bits per heavy atom. The van der Waals surface area contributed by atoms with Crippen LogP contribution < -0.4 is 0 Å². The van der Waals surface area contributed by atoms with Crippen LogP contribution in [0.5, 0.6) is 11.5 Å². The molecular formula is C36H34O13. The minimum Gasteiger partial charge on any atom is -0.507 e. The molecule has 0 bridgehead atoms. The number of hydrogen-bond acceptors (Lipinski definition) is 12. The minimum atomic E-state index is -1.51. The Bertz CT molecular complexity index is 1870. The molecule has 49 heavy (non-hydrogen) atoms. The molecule has 5 aliphatic rings. The SMILES string of the molecule is CCC[C@H]1O[C@@H]2CC(=O)O[C@@H]2C2=C1C(=O)c1c(O)cccc1C2=O.CCC[C@H]1O[C@H](CC(=O)O)[C@H](O)C2=C1C(=O)c1c(O)cccc1C2=O. The zero-order valence-electron chi connectivity index (χ0n) is 26.6. The van der Waals surface area contributed by atoms with Crippen molar-refractivity contribution in [1.29, 1.82) is 0 Å². The number of aromatic hydroxyl groups is 2. The second kappa shape index (κ2) is 13.1. The third-order valence-corrected chi connectivity index (χ3v) is 9.28. The third-order valence-electron chi connectivity index (χ3n) is 9.28. The van der Waals surface area contributed by atoms with Crippen molar-refractivity contribution in [2.24, 2.45) is 0 Å². The summed E-state index contributed by atoms with van der Waals surface area (Å²) in [6.45, 7) is 3.81. The highest BCUT2D eigenvalue weighted by atomic mass is 16.6. The lowest BCUT2D eigenvalue weighted by atomic mass is 9.76. The standard InChI is InChI=1S/C18H18O7.C18H16O6/c1-2-4-10-14-15(17(23)11(25-10)7-12(20)21)16(22)8-5-3-6-9(19)13(8)18(14)24;1-2-4-10-14-15(18-11(23-10)7-12(20)24-18)16(21)8-5-3-6-9(19)13(8)17(14)22/h3,5-6,10-11,17,19,23H,2,4,7H2,1H3,(H,20,21);3,5-6,10-11,18-19H,2,4,7H2,1H3/t10-,11-,17+;10-,11-,18+/m11/s1. The number of carbonyl (C=O) groups excluding carboxylic acids is 5. The van der Waals surface area contributed by atoms with Crippen LogP contribution in [-0.2, 0) is 23.8 Å². The first kappa shape index (κ1) is 33.9. The van der Waals surface area contributed by atoms with E-state index in [-0.39, 0.29) is 68.2 Å². The molecule has 0 aromatic heterocycles. The Morgan fingerprint density at radius 3 is 1.78 bits per heavy atom. The summed E-state index contributed by atoms with van der Waals surface area (Å²) < 4.78 is 16.8. The van der Waals surface area contributed by atoms with Gasteiger partial charge in [0, 0.05) is 27.8 Å². The second-order valence-corrected chi connectivity index (χ2v) is 12.4. The van der Waals surface area contributed by atoms with E-state index >= 15 is 0 Å². The molecule has 13 heteroatoms. The van der Waals surface area contributed by atoms with Crippen molar-refractivity contribution in [3.05, 3.63) is 80.9 Å². The molecule has 1 fully saturated rings. The number of ketones is 4. The number of carboxylic acid groups (broad SMARTS) is 1. The highest BCUT2D eigenvalue weighted by Crippen LogP contribution is 2.44. The van der Waals surface area contributed by atoms with Crippen LogP contribution in [0.3, 0.4) is 0 Å². The molecule has 1 saturated heterocycles.